The molecule has 1 aromatic rings. The first kappa shape index (κ1) is 17.9. The Bertz CT molecular complexity index is 397. The van der Waals surface area contributed by atoms with Gasteiger partial charge in [0.25, 0.3) is 0 Å². The number of pyridine rings is 1. The van der Waals surface area contributed by atoms with Crippen LogP contribution < -0.4 is 10.1 Å². The van der Waals surface area contributed by atoms with Crippen molar-refractivity contribution in [1.82, 2.24) is 10.3 Å². The number of nitrogens with one attached hydrogen (secondary N) is 1. The number of aryl methyl sites for hydroxylation is 1. The molecular formula is C16H28N2O3. The molecule has 1 aromatic heterocycles. The molecule has 0 saturated carbocycles. The minimum atomic E-state index is 0.544. The van der Waals surface area contributed by atoms with Crippen molar-refractivity contribution in [3.8, 4) is 5.75 Å². The molecule has 0 aliphatic heterocycles. The summed E-state index contributed by atoms with van der Waals surface area (Å²) in [5.41, 5.74) is 1.91. The van der Waals surface area contributed by atoms with Crippen LogP contribution in [0.3, 0.4) is 0 Å². The highest BCUT2D eigenvalue weighted by Gasteiger charge is 2.06. The quantitative estimate of drug-likeness (QED) is 0.634. The van der Waals surface area contributed by atoms with E-state index in [0.29, 0.717) is 32.3 Å². The van der Waals surface area contributed by atoms with E-state index in [1.165, 1.54) is 0 Å². The average molecular weight is 296 g/mol. The predicted octanol–water partition coefficient (Wildman–Crippen LogP) is 2.18. The lowest BCUT2D eigenvalue weighted by Crippen LogP contribution is -2.20. The van der Waals surface area contributed by atoms with Gasteiger partial charge in [-0.05, 0) is 25.0 Å². The van der Waals surface area contributed by atoms with Gasteiger partial charge in [0.15, 0.2) is 0 Å². The first-order chi connectivity index (χ1) is 10.1. The zero-order valence-electron chi connectivity index (χ0n) is 13.6. The largest absolute Gasteiger partial charge is 0.489 e. The van der Waals surface area contributed by atoms with Crippen LogP contribution in [0.15, 0.2) is 12.1 Å². The Morgan fingerprint density at radius 2 is 2.00 bits per heavy atom. The lowest BCUT2D eigenvalue weighted by atomic mass is 10.2. The maximum atomic E-state index is 5.77. The van der Waals surface area contributed by atoms with Crippen LogP contribution in [0.25, 0.3) is 0 Å². The fraction of sp³-hybridized carbons (Fsp3) is 0.688. The van der Waals surface area contributed by atoms with Gasteiger partial charge in [0.2, 0.25) is 0 Å². The number of aromatic nitrogens is 1. The summed E-state index contributed by atoms with van der Waals surface area (Å²) in [5.74, 6) is 1.37. The molecule has 1 rings (SSSR count). The summed E-state index contributed by atoms with van der Waals surface area (Å²) in [6.07, 6.45) is 0. The second kappa shape index (κ2) is 10.5. The highest BCUT2D eigenvalue weighted by atomic mass is 16.5. The minimum Gasteiger partial charge on any atom is -0.489 e. The van der Waals surface area contributed by atoms with Crippen molar-refractivity contribution >= 4 is 0 Å². The molecule has 120 valence electrons. The number of methoxy groups -OCH3 is 1. The van der Waals surface area contributed by atoms with Gasteiger partial charge in [-0.1, -0.05) is 13.8 Å². The number of nitrogens with zero attached hydrogens (tertiary/aromatic N) is 1. The SMILES string of the molecule is COCCNCc1nc(C)ccc1OCCOCC(C)C. The molecular weight excluding hydrogens is 268 g/mol. The first-order valence-corrected chi connectivity index (χ1v) is 7.50. The van der Waals surface area contributed by atoms with Crippen LogP contribution in [0, 0.1) is 12.8 Å². The average Bonchev–Trinajstić information content (AvgIpc) is 2.45. The van der Waals surface area contributed by atoms with Gasteiger partial charge in [-0.2, -0.15) is 0 Å². The molecule has 0 aliphatic rings. The Hall–Kier alpha value is -1.17. The molecule has 0 radical (unpaired) electrons. The van der Waals surface area contributed by atoms with Gasteiger partial charge in [-0.25, -0.2) is 0 Å². The second-order valence-corrected chi connectivity index (χ2v) is 5.38. The van der Waals surface area contributed by atoms with Crippen LogP contribution >= 0.6 is 0 Å². The van der Waals surface area contributed by atoms with E-state index in [1.807, 2.05) is 19.1 Å². The topological polar surface area (TPSA) is 52.6 Å². The van der Waals surface area contributed by atoms with Crippen LogP contribution in [0.1, 0.15) is 25.2 Å². The minimum absolute atomic E-state index is 0.544. The van der Waals surface area contributed by atoms with E-state index in [4.69, 9.17) is 14.2 Å². The van der Waals surface area contributed by atoms with Crippen molar-refractivity contribution < 1.29 is 14.2 Å². The van der Waals surface area contributed by atoms with E-state index in [0.717, 1.165) is 30.3 Å². The molecule has 5 nitrogen and oxygen atoms in total. The summed E-state index contributed by atoms with van der Waals surface area (Å²) in [6.45, 7) is 10.3. The summed E-state index contributed by atoms with van der Waals surface area (Å²) in [6, 6.07) is 3.93. The van der Waals surface area contributed by atoms with Crippen LogP contribution in [0.5, 0.6) is 5.75 Å². The van der Waals surface area contributed by atoms with E-state index in [1.54, 1.807) is 7.11 Å². The number of ether oxygens (including phenoxy) is 3. The van der Waals surface area contributed by atoms with Crippen LogP contribution in [-0.2, 0) is 16.0 Å². The third-order valence-electron chi connectivity index (χ3n) is 2.78. The number of hydrogen-bond acceptors (Lipinski definition) is 5. The molecule has 0 bridgehead atoms. The molecule has 1 N–H and O–H groups in total. The lowest BCUT2D eigenvalue weighted by Gasteiger charge is -2.13. The zero-order chi connectivity index (χ0) is 15.5. The zero-order valence-corrected chi connectivity index (χ0v) is 13.6. The van der Waals surface area contributed by atoms with Crippen molar-refractivity contribution in [3.63, 3.8) is 0 Å². The van der Waals surface area contributed by atoms with Crippen molar-refractivity contribution in [1.29, 1.82) is 0 Å². The molecule has 0 spiro atoms. The summed E-state index contributed by atoms with van der Waals surface area (Å²) >= 11 is 0. The van der Waals surface area contributed by atoms with Crippen LogP contribution in [0.4, 0.5) is 0 Å². The summed E-state index contributed by atoms with van der Waals surface area (Å²) in [7, 11) is 1.69. The monoisotopic (exact) mass is 296 g/mol. The number of hydrogen-bond donors (Lipinski definition) is 1. The normalized spacial score (nSPS) is 11.1. The van der Waals surface area contributed by atoms with Crippen LogP contribution in [-0.4, -0.2) is 45.1 Å². The van der Waals surface area contributed by atoms with Gasteiger partial charge >= 0.3 is 0 Å². The Morgan fingerprint density at radius 1 is 1.19 bits per heavy atom. The van der Waals surface area contributed by atoms with Gasteiger partial charge in [0, 0.05) is 32.5 Å². The molecule has 0 fully saturated rings. The maximum Gasteiger partial charge on any atom is 0.142 e. The van der Waals surface area contributed by atoms with Gasteiger partial charge in [0.05, 0.1) is 18.9 Å². The molecule has 0 amide bonds. The fourth-order valence-electron chi connectivity index (χ4n) is 1.77. The Kier molecular flexibility index (Phi) is 8.98. The second-order valence-electron chi connectivity index (χ2n) is 5.38. The third kappa shape index (κ3) is 7.99. The highest BCUT2D eigenvalue weighted by molar-refractivity contribution is 5.29. The smallest absolute Gasteiger partial charge is 0.142 e. The van der Waals surface area contributed by atoms with E-state index >= 15 is 0 Å². The van der Waals surface area contributed by atoms with E-state index in [2.05, 4.69) is 24.1 Å². The Morgan fingerprint density at radius 3 is 2.71 bits per heavy atom. The molecule has 21 heavy (non-hydrogen) atoms. The predicted molar refractivity (Wildman–Crippen MR) is 83.7 cm³/mol. The molecule has 1 heterocycles. The molecule has 5 heteroatoms. The summed E-state index contributed by atoms with van der Waals surface area (Å²) in [4.78, 5) is 4.53. The molecule has 0 aliphatic carbocycles. The molecule has 0 aromatic carbocycles. The lowest BCUT2D eigenvalue weighted by molar-refractivity contribution is 0.0814. The van der Waals surface area contributed by atoms with Gasteiger partial charge in [-0.15, -0.1) is 0 Å². The van der Waals surface area contributed by atoms with Crippen molar-refractivity contribution in [2.75, 3.05) is 40.1 Å². The van der Waals surface area contributed by atoms with Gasteiger partial charge in [-0.3, -0.25) is 4.98 Å². The van der Waals surface area contributed by atoms with Crippen molar-refractivity contribution in [3.05, 3.63) is 23.5 Å². The van der Waals surface area contributed by atoms with E-state index in [-0.39, 0.29) is 0 Å². The summed E-state index contributed by atoms with van der Waals surface area (Å²) in [5, 5.41) is 3.29. The summed E-state index contributed by atoms with van der Waals surface area (Å²) < 4.78 is 16.3. The third-order valence-corrected chi connectivity index (χ3v) is 2.78. The van der Waals surface area contributed by atoms with Crippen molar-refractivity contribution in [2.45, 2.75) is 27.3 Å². The Balaban J connectivity index is 2.40. The van der Waals surface area contributed by atoms with Crippen molar-refractivity contribution in [2.24, 2.45) is 5.92 Å². The van der Waals surface area contributed by atoms with Gasteiger partial charge < -0.3 is 19.5 Å². The van der Waals surface area contributed by atoms with E-state index < -0.39 is 0 Å². The standard InChI is InChI=1S/C16H28N2O3/c1-13(2)12-20-9-10-21-16-6-5-14(3)18-15(16)11-17-7-8-19-4/h5-6,13,17H,7-12H2,1-4H3. The van der Waals surface area contributed by atoms with Crippen LogP contribution in [0.2, 0.25) is 0 Å². The number of rotatable bonds is 11. The maximum absolute atomic E-state index is 5.77. The highest BCUT2D eigenvalue weighted by Crippen LogP contribution is 2.16. The Labute approximate surface area is 128 Å². The van der Waals surface area contributed by atoms with Gasteiger partial charge in [0.1, 0.15) is 12.4 Å². The molecule has 0 saturated heterocycles. The molecule has 0 atom stereocenters. The fourth-order valence-corrected chi connectivity index (χ4v) is 1.77. The first-order valence-electron chi connectivity index (χ1n) is 7.50. The molecule has 0 unspecified atom stereocenters. The van der Waals surface area contributed by atoms with E-state index in [9.17, 15) is 0 Å².